The van der Waals surface area contributed by atoms with Gasteiger partial charge in [-0.25, -0.2) is 0 Å². The Bertz CT molecular complexity index is 428. The molecule has 3 nitrogen and oxygen atoms in total. The van der Waals surface area contributed by atoms with Gasteiger partial charge in [-0.15, -0.1) is 0 Å². The molecule has 1 unspecified atom stereocenters. The quantitative estimate of drug-likeness (QED) is 0.752. The second-order valence-corrected chi connectivity index (χ2v) is 4.27. The minimum absolute atomic E-state index is 0.277. The lowest BCUT2D eigenvalue weighted by molar-refractivity contribution is 0.0989. The Labute approximate surface area is 100 Å². The predicted octanol–water partition coefficient (Wildman–Crippen LogP) is 2.44. The molecule has 4 heteroatoms. The molecule has 1 saturated heterocycles. The van der Waals surface area contributed by atoms with Crippen molar-refractivity contribution in [3.8, 4) is 6.07 Å². The zero-order valence-electron chi connectivity index (χ0n) is 9.11. The van der Waals surface area contributed by atoms with Crippen LogP contribution in [0.4, 0.5) is 5.69 Å². The zero-order valence-corrected chi connectivity index (χ0v) is 9.87. The maximum atomic E-state index is 9.12. The van der Waals surface area contributed by atoms with Gasteiger partial charge in [-0.3, -0.25) is 0 Å². The van der Waals surface area contributed by atoms with Gasteiger partial charge in [-0.05, 0) is 19.1 Å². The molecule has 2 rings (SSSR count). The number of morpholine rings is 1. The number of hydrogen-bond donors (Lipinski definition) is 0. The second kappa shape index (κ2) is 4.73. The summed E-state index contributed by atoms with van der Waals surface area (Å²) in [6, 6.07) is 8.00. The van der Waals surface area contributed by atoms with E-state index in [1.807, 2.05) is 12.1 Å². The number of rotatable bonds is 1. The topological polar surface area (TPSA) is 36.3 Å². The van der Waals surface area contributed by atoms with Crippen molar-refractivity contribution >= 4 is 17.3 Å². The summed E-state index contributed by atoms with van der Waals surface area (Å²) in [7, 11) is 0. The number of hydrogen-bond acceptors (Lipinski definition) is 3. The van der Waals surface area contributed by atoms with Crippen LogP contribution < -0.4 is 4.90 Å². The molecule has 1 atom stereocenters. The molecule has 1 heterocycles. The van der Waals surface area contributed by atoms with Crippen LogP contribution in [-0.2, 0) is 4.74 Å². The Kier molecular flexibility index (Phi) is 3.33. The fourth-order valence-electron chi connectivity index (χ4n) is 1.95. The van der Waals surface area contributed by atoms with E-state index in [2.05, 4.69) is 17.9 Å². The van der Waals surface area contributed by atoms with Crippen molar-refractivity contribution in [1.82, 2.24) is 0 Å². The highest BCUT2D eigenvalue weighted by Crippen LogP contribution is 2.28. The second-order valence-electron chi connectivity index (χ2n) is 3.86. The van der Waals surface area contributed by atoms with Gasteiger partial charge in [0.2, 0.25) is 0 Å². The molecule has 0 aromatic heterocycles. The summed E-state index contributed by atoms with van der Waals surface area (Å²) in [5.41, 5.74) is 1.46. The van der Waals surface area contributed by atoms with E-state index in [9.17, 15) is 0 Å². The highest BCUT2D eigenvalue weighted by atomic mass is 35.5. The Balaban J connectivity index is 2.39. The minimum Gasteiger partial charge on any atom is -0.377 e. The van der Waals surface area contributed by atoms with Crippen LogP contribution >= 0.6 is 11.6 Å². The van der Waals surface area contributed by atoms with Crippen molar-refractivity contribution in [2.75, 3.05) is 24.7 Å². The molecule has 1 aliphatic heterocycles. The highest BCUT2D eigenvalue weighted by molar-refractivity contribution is 6.32. The summed E-state index contributed by atoms with van der Waals surface area (Å²) in [4.78, 5) is 2.17. The summed E-state index contributed by atoms with van der Waals surface area (Å²) in [5, 5.41) is 9.64. The van der Waals surface area contributed by atoms with Crippen LogP contribution in [0.25, 0.3) is 0 Å². The van der Waals surface area contributed by atoms with Crippen LogP contribution in [0.15, 0.2) is 18.2 Å². The lowest BCUT2D eigenvalue weighted by atomic mass is 10.1. The normalized spacial score (nSPS) is 20.6. The predicted molar refractivity (Wildman–Crippen MR) is 63.8 cm³/mol. The van der Waals surface area contributed by atoms with Crippen molar-refractivity contribution in [3.05, 3.63) is 28.8 Å². The van der Waals surface area contributed by atoms with Crippen LogP contribution in [-0.4, -0.2) is 25.8 Å². The molecule has 0 amide bonds. The number of ether oxygens (including phenoxy) is 1. The lowest BCUT2D eigenvalue weighted by Crippen LogP contribution is -2.44. The van der Waals surface area contributed by atoms with Gasteiger partial charge in [-0.1, -0.05) is 17.7 Å². The standard InChI is InChI=1S/C12H13ClN2O/c1-9-8-16-6-5-15(9)12-4-2-3-11(13)10(12)7-14/h2-4,9H,5-6,8H2,1H3. The van der Waals surface area contributed by atoms with Gasteiger partial charge in [-0.2, -0.15) is 5.26 Å². The van der Waals surface area contributed by atoms with Gasteiger partial charge in [0, 0.05) is 12.6 Å². The summed E-state index contributed by atoms with van der Waals surface area (Å²) in [6.45, 7) is 4.27. The third-order valence-electron chi connectivity index (χ3n) is 2.78. The SMILES string of the molecule is CC1COCCN1c1cccc(Cl)c1C#N. The first-order chi connectivity index (χ1) is 7.74. The molecule has 16 heavy (non-hydrogen) atoms. The van der Waals surface area contributed by atoms with Crippen LogP contribution in [0.3, 0.4) is 0 Å². The smallest absolute Gasteiger partial charge is 0.103 e. The Morgan fingerprint density at radius 1 is 1.56 bits per heavy atom. The van der Waals surface area contributed by atoms with Gasteiger partial charge in [0.15, 0.2) is 0 Å². The summed E-state index contributed by atoms with van der Waals surface area (Å²) >= 11 is 6.02. The molecular weight excluding hydrogens is 224 g/mol. The minimum atomic E-state index is 0.277. The third kappa shape index (κ3) is 1.99. The van der Waals surface area contributed by atoms with Crippen molar-refractivity contribution < 1.29 is 4.74 Å². The van der Waals surface area contributed by atoms with E-state index in [1.54, 1.807) is 6.07 Å². The largest absolute Gasteiger partial charge is 0.377 e. The van der Waals surface area contributed by atoms with Crippen LogP contribution in [0.5, 0.6) is 0 Å². The molecule has 1 aromatic rings. The van der Waals surface area contributed by atoms with E-state index >= 15 is 0 Å². The Morgan fingerprint density at radius 3 is 3.06 bits per heavy atom. The number of anilines is 1. The van der Waals surface area contributed by atoms with Crippen LogP contribution in [0.2, 0.25) is 5.02 Å². The molecule has 1 fully saturated rings. The first-order valence-electron chi connectivity index (χ1n) is 5.27. The number of nitrogens with zero attached hydrogens (tertiary/aromatic N) is 2. The van der Waals surface area contributed by atoms with Gasteiger partial charge >= 0.3 is 0 Å². The summed E-state index contributed by atoms with van der Waals surface area (Å²) in [5.74, 6) is 0. The first-order valence-corrected chi connectivity index (χ1v) is 5.65. The van der Waals surface area contributed by atoms with Gasteiger partial charge < -0.3 is 9.64 Å². The van der Waals surface area contributed by atoms with E-state index in [4.69, 9.17) is 21.6 Å². The van der Waals surface area contributed by atoms with Crippen LogP contribution in [0.1, 0.15) is 12.5 Å². The number of benzene rings is 1. The van der Waals surface area contributed by atoms with E-state index in [0.717, 1.165) is 12.2 Å². The van der Waals surface area contributed by atoms with Crippen molar-refractivity contribution in [3.63, 3.8) is 0 Å². The molecule has 84 valence electrons. The molecule has 0 saturated carbocycles. The molecule has 1 aromatic carbocycles. The average molecular weight is 237 g/mol. The lowest BCUT2D eigenvalue weighted by Gasteiger charge is -2.35. The fourth-order valence-corrected chi connectivity index (χ4v) is 2.16. The monoisotopic (exact) mass is 236 g/mol. The first kappa shape index (κ1) is 11.3. The zero-order chi connectivity index (χ0) is 11.5. The Hall–Kier alpha value is -1.24. The van der Waals surface area contributed by atoms with Crippen LogP contribution in [0, 0.1) is 11.3 Å². The van der Waals surface area contributed by atoms with E-state index in [0.29, 0.717) is 23.8 Å². The van der Waals surface area contributed by atoms with Crippen molar-refractivity contribution in [2.24, 2.45) is 0 Å². The maximum absolute atomic E-state index is 9.12. The fraction of sp³-hybridized carbons (Fsp3) is 0.417. The molecular formula is C12H13ClN2O. The van der Waals surface area contributed by atoms with Gasteiger partial charge in [0.1, 0.15) is 6.07 Å². The Morgan fingerprint density at radius 2 is 2.38 bits per heavy atom. The average Bonchev–Trinajstić information content (AvgIpc) is 2.29. The van der Waals surface area contributed by atoms with E-state index in [-0.39, 0.29) is 6.04 Å². The molecule has 1 aliphatic rings. The molecule has 0 N–H and O–H groups in total. The van der Waals surface area contributed by atoms with Crippen molar-refractivity contribution in [1.29, 1.82) is 5.26 Å². The highest BCUT2D eigenvalue weighted by Gasteiger charge is 2.22. The van der Waals surface area contributed by atoms with Crippen molar-refractivity contribution in [2.45, 2.75) is 13.0 Å². The third-order valence-corrected chi connectivity index (χ3v) is 3.10. The van der Waals surface area contributed by atoms with Gasteiger partial charge in [0.25, 0.3) is 0 Å². The van der Waals surface area contributed by atoms with E-state index in [1.165, 1.54) is 0 Å². The summed E-state index contributed by atoms with van der Waals surface area (Å²) in [6.07, 6.45) is 0. The van der Waals surface area contributed by atoms with E-state index < -0.39 is 0 Å². The maximum Gasteiger partial charge on any atom is 0.103 e. The number of nitriles is 1. The van der Waals surface area contributed by atoms with Gasteiger partial charge in [0.05, 0.1) is 29.5 Å². The molecule has 0 spiro atoms. The number of halogens is 1. The molecule has 0 aliphatic carbocycles. The summed E-state index contributed by atoms with van der Waals surface area (Å²) < 4.78 is 5.38. The molecule has 0 bridgehead atoms. The molecule has 0 radical (unpaired) electrons.